The molecule has 2 fully saturated rings. The lowest BCUT2D eigenvalue weighted by molar-refractivity contribution is -0.125. The lowest BCUT2D eigenvalue weighted by Gasteiger charge is -2.44. The van der Waals surface area contributed by atoms with Gasteiger partial charge in [0.15, 0.2) is 5.92 Å². The molecule has 1 saturated heterocycles. The maximum Gasteiger partial charge on any atom is 0.409 e. The first-order valence-corrected chi connectivity index (χ1v) is 9.46. The van der Waals surface area contributed by atoms with Crippen molar-refractivity contribution in [1.29, 1.82) is 5.26 Å². The fourth-order valence-electron chi connectivity index (χ4n) is 4.04. The van der Waals surface area contributed by atoms with Gasteiger partial charge in [-0.3, -0.25) is 10.1 Å². The van der Waals surface area contributed by atoms with E-state index in [1.54, 1.807) is 11.8 Å². The van der Waals surface area contributed by atoms with Gasteiger partial charge < -0.3 is 14.5 Å². The highest BCUT2D eigenvalue weighted by atomic mass is 16.6. The van der Waals surface area contributed by atoms with E-state index in [1.807, 2.05) is 4.90 Å². The molecule has 26 heavy (non-hydrogen) atoms. The van der Waals surface area contributed by atoms with E-state index in [0.29, 0.717) is 44.7 Å². The molecule has 0 aromatic rings. The zero-order valence-electron chi connectivity index (χ0n) is 15.5. The lowest BCUT2D eigenvalue weighted by Crippen LogP contribution is -2.61. The number of ether oxygens (including phenoxy) is 1. The van der Waals surface area contributed by atoms with Gasteiger partial charge in [0.05, 0.1) is 18.2 Å². The van der Waals surface area contributed by atoms with Gasteiger partial charge >= 0.3 is 6.09 Å². The summed E-state index contributed by atoms with van der Waals surface area (Å²) in [5.41, 5.74) is -0.600. The molecule has 3 rings (SSSR count). The van der Waals surface area contributed by atoms with Gasteiger partial charge in [-0.15, -0.1) is 0 Å². The molecular formula is C18H27N5O3. The molecule has 8 nitrogen and oxygen atoms in total. The van der Waals surface area contributed by atoms with Crippen molar-refractivity contribution in [3.63, 3.8) is 0 Å². The van der Waals surface area contributed by atoms with E-state index in [0.717, 1.165) is 25.7 Å². The molecule has 1 aliphatic carbocycles. The number of guanidine groups is 1. The zero-order chi connectivity index (χ0) is 18.7. The topological polar surface area (TPSA) is 98.0 Å². The summed E-state index contributed by atoms with van der Waals surface area (Å²) in [6, 6.07) is 2.18. The number of carbonyl (C=O) groups excluding carboxylic acids is 2. The van der Waals surface area contributed by atoms with Gasteiger partial charge in [0.2, 0.25) is 11.9 Å². The molecule has 0 radical (unpaired) electrons. The second-order valence-electron chi connectivity index (χ2n) is 7.45. The van der Waals surface area contributed by atoms with Crippen LogP contribution in [-0.2, 0) is 9.53 Å². The molecule has 1 N–H and O–H groups in total. The van der Waals surface area contributed by atoms with Crippen LogP contribution < -0.4 is 5.32 Å². The van der Waals surface area contributed by atoms with E-state index >= 15 is 0 Å². The third-order valence-corrected chi connectivity index (χ3v) is 5.74. The van der Waals surface area contributed by atoms with Crippen LogP contribution in [-0.4, -0.2) is 66.1 Å². The average molecular weight is 361 g/mol. The third-order valence-electron chi connectivity index (χ3n) is 5.74. The number of nitriles is 1. The van der Waals surface area contributed by atoms with E-state index in [2.05, 4.69) is 18.3 Å². The minimum Gasteiger partial charge on any atom is -0.450 e. The van der Waals surface area contributed by atoms with Crippen LogP contribution in [0, 0.1) is 23.2 Å². The summed E-state index contributed by atoms with van der Waals surface area (Å²) in [6.07, 6.45) is 3.21. The Bertz CT molecular complexity index is 625. The Kier molecular flexibility index (Phi) is 5.35. The Hall–Kier alpha value is -2.30. The summed E-state index contributed by atoms with van der Waals surface area (Å²) in [7, 11) is 0. The monoisotopic (exact) mass is 361 g/mol. The van der Waals surface area contributed by atoms with Gasteiger partial charge in [-0.05, 0) is 38.5 Å². The smallest absolute Gasteiger partial charge is 0.409 e. The summed E-state index contributed by atoms with van der Waals surface area (Å²) < 4.78 is 5.04. The van der Waals surface area contributed by atoms with E-state index in [1.165, 1.54) is 0 Å². The quantitative estimate of drug-likeness (QED) is 0.760. The minimum atomic E-state index is -0.723. The van der Waals surface area contributed by atoms with Crippen LogP contribution in [0.4, 0.5) is 4.79 Å². The number of aliphatic imine (C=N–C) groups is 1. The van der Waals surface area contributed by atoms with E-state index in [-0.39, 0.29) is 12.0 Å². The standard InChI is InChI=1S/C18H27N5O3/c1-3-26-17(25)23-10-8-22(9-11-23)16-20-15(24)14(12-19)18(21-16)6-4-13(2)5-7-18/h13-14H,3-11H2,1-2H3,(H,20,21,24)/t13?,14-,18?/m0/s1. The number of rotatable bonds is 1. The summed E-state index contributed by atoms with van der Waals surface area (Å²) in [5, 5.41) is 12.4. The molecular weight excluding hydrogens is 334 g/mol. The average Bonchev–Trinajstić information content (AvgIpc) is 2.64. The zero-order valence-corrected chi connectivity index (χ0v) is 15.5. The van der Waals surface area contributed by atoms with Crippen LogP contribution in [0.15, 0.2) is 4.99 Å². The number of amides is 2. The fraction of sp³-hybridized carbons (Fsp3) is 0.778. The fourth-order valence-corrected chi connectivity index (χ4v) is 4.04. The Morgan fingerprint density at radius 3 is 2.58 bits per heavy atom. The maximum absolute atomic E-state index is 12.6. The Balaban J connectivity index is 1.74. The molecule has 0 aromatic carbocycles. The second-order valence-corrected chi connectivity index (χ2v) is 7.45. The molecule has 2 aliphatic heterocycles. The van der Waals surface area contributed by atoms with E-state index < -0.39 is 11.5 Å². The summed E-state index contributed by atoms with van der Waals surface area (Å²) in [6.45, 7) is 6.58. The maximum atomic E-state index is 12.6. The number of hydrogen-bond donors (Lipinski definition) is 1. The van der Waals surface area contributed by atoms with Crippen LogP contribution >= 0.6 is 0 Å². The van der Waals surface area contributed by atoms with Crippen LogP contribution in [0.5, 0.6) is 0 Å². The molecule has 1 atom stereocenters. The molecule has 1 spiro atoms. The first-order valence-electron chi connectivity index (χ1n) is 9.46. The first kappa shape index (κ1) is 18.5. The Morgan fingerprint density at radius 1 is 1.35 bits per heavy atom. The second kappa shape index (κ2) is 7.52. The van der Waals surface area contributed by atoms with Gasteiger partial charge in [0.25, 0.3) is 0 Å². The summed E-state index contributed by atoms with van der Waals surface area (Å²) in [4.78, 5) is 33.0. The van der Waals surface area contributed by atoms with Gasteiger partial charge in [-0.25, -0.2) is 9.79 Å². The predicted molar refractivity (Wildman–Crippen MR) is 95.2 cm³/mol. The first-order chi connectivity index (χ1) is 12.5. The number of nitrogens with one attached hydrogen (secondary N) is 1. The van der Waals surface area contributed by atoms with Crippen molar-refractivity contribution in [3.8, 4) is 6.07 Å². The Labute approximate surface area is 154 Å². The van der Waals surface area contributed by atoms with Crippen LogP contribution in [0.2, 0.25) is 0 Å². The van der Waals surface area contributed by atoms with Gasteiger partial charge in [0.1, 0.15) is 0 Å². The highest BCUT2D eigenvalue weighted by molar-refractivity contribution is 6.02. The normalized spacial score (nSPS) is 31.9. The highest BCUT2D eigenvalue weighted by Crippen LogP contribution is 2.41. The largest absolute Gasteiger partial charge is 0.450 e. The Morgan fingerprint density at radius 2 is 2.00 bits per heavy atom. The molecule has 0 unspecified atom stereocenters. The van der Waals surface area contributed by atoms with Crippen molar-refractivity contribution in [3.05, 3.63) is 0 Å². The molecule has 8 heteroatoms. The van der Waals surface area contributed by atoms with Crippen LogP contribution in [0.3, 0.4) is 0 Å². The number of hydrogen-bond acceptors (Lipinski definition) is 6. The van der Waals surface area contributed by atoms with Gasteiger partial charge in [-0.2, -0.15) is 5.26 Å². The molecule has 142 valence electrons. The molecule has 3 aliphatic rings. The number of nitrogens with zero attached hydrogens (tertiary/aromatic N) is 4. The van der Waals surface area contributed by atoms with Crippen LogP contribution in [0.25, 0.3) is 0 Å². The molecule has 2 heterocycles. The lowest BCUT2D eigenvalue weighted by atomic mass is 9.70. The van der Waals surface area contributed by atoms with Crippen molar-refractivity contribution in [1.82, 2.24) is 15.1 Å². The predicted octanol–water partition coefficient (Wildman–Crippen LogP) is 1.33. The van der Waals surface area contributed by atoms with Crippen LogP contribution in [0.1, 0.15) is 39.5 Å². The SMILES string of the molecule is CCOC(=O)N1CCN(C2=NC3(CCC(C)CC3)[C@@H](C#N)C(=O)N2)CC1. The van der Waals surface area contributed by atoms with Crippen molar-refractivity contribution in [2.45, 2.75) is 45.1 Å². The summed E-state index contributed by atoms with van der Waals surface area (Å²) >= 11 is 0. The van der Waals surface area contributed by atoms with Crippen molar-refractivity contribution >= 4 is 18.0 Å². The number of carbonyl (C=O) groups is 2. The molecule has 1 saturated carbocycles. The minimum absolute atomic E-state index is 0.250. The van der Waals surface area contributed by atoms with E-state index in [9.17, 15) is 14.9 Å². The molecule has 2 amide bonds. The van der Waals surface area contributed by atoms with Gasteiger partial charge in [0, 0.05) is 26.2 Å². The molecule has 0 bridgehead atoms. The molecule has 0 aromatic heterocycles. The highest BCUT2D eigenvalue weighted by Gasteiger charge is 2.49. The third kappa shape index (κ3) is 3.48. The summed E-state index contributed by atoms with van der Waals surface area (Å²) in [5.74, 6) is 0.190. The van der Waals surface area contributed by atoms with Crippen molar-refractivity contribution in [2.24, 2.45) is 16.8 Å². The van der Waals surface area contributed by atoms with E-state index in [4.69, 9.17) is 9.73 Å². The number of piperazine rings is 1. The van der Waals surface area contributed by atoms with Crippen molar-refractivity contribution in [2.75, 3.05) is 32.8 Å². The van der Waals surface area contributed by atoms with Gasteiger partial charge in [-0.1, -0.05) is 6.92 Å². The van der Waals surface area contributed by atoms with Crippen molar-refractivity contribution < 1.29 is 14.3 Å².